The van der Waals surface area contributed by atoms with E-state index in [1.165, 1.54) is 135 Å². The number of hydrogen-bond donors (Lipinski definition) is 11. The van der Waals surface area contributed by atoms with Gasteiger partial charge in [-0.2, -0.15) is 0 Å². The Bertz CT molecular complexity index is 3000. The molecule has 0 bridgehead atoms. The van der Waals surface area contributed by atoms with Gasteiger partial charge in [-0.05, 0) is 187 Å². The fourth-order valence-corrected chi connectivity index (χ4v) is 15.9. The van der Waals surface area contributed by atoms with Crippen molar-refractivity contribution < 1.29 is 78.0 Å². The van der Waals surface area contributed by atoms with Gasteiger partial charge in [-0.3, -0.25) is 28.8 Å². The van der Waals surface area contributed by atoms with Gasteiger partial charge in [0.2, 0.25) is 17.7 Å². The number of aliphatic carboxylic acids is 2. The summed E-state index contributed by atoms with van der Waals surface area (Å²) >= 11 is 0. The SMILES string of the molecule is CCC(C)C(C)C(C)(c1cc(CC(=O)O)c(-c2cc(CNC(=O)CC3CCCC3)c(C)[nH]2)[nH]1)C(C)CC.CCC(C)C(C)C(C)(c1cc(CC(=O)O)c(-c2cc(CNC(=O)CC3CCCC3)c(C)[nH]2)[nH]1)C(C)CC.CCCC.CCCC.CCCC.CCCC.CN.CNC(=O)CC1CCCC1.O=C(CC1CCCC1)ONP.[Fe].[Fe]. The molecule has 21 heteroatoms. The molecule has 0 radical (unpaired) electrons. The van der Waals surface area contributed by atoms with Crippen LogP contribution in [0.1, 0.15) is 389 Å². The second-order valence-corrected chi connectivity index (χ2v) is 34.0. The van der Waals surface area contributed by atoms with Gasteiger partial charge in [0, 0.05) is 107 Å². The number of nitrogens with one attached hydrogen (secondary N) is 8. The molecule has 4 aliphatic rings. The number of aromatic amines is 4. The first-order valence-corrected chi connectivity index (χ1v) is 45.6. The number of aromatic nitrogens is 4. The second kappa shape index (κ2) is 65.2. The smallest absolute Gasteiger partial charge is 0.325 e. The summed E-state index contributed by atoms with van der Waals surface area (Å²) < 4.78 is 0. The fraction of sp³-hybridized carbons (Fsp3) is 0.766. The fourth-order valence-electron chi connectivity index (χ4n) is 15.8. The summed E-state index contributed by atoms with van der Waals surface area (Å²) in [7, 11) is 5.34. The average molecular weight is 1720 g/mol. The molecule has 668 valence electrons. The average Bonchev–Trinajstić information content (AvgIpc) is 1.63. The number of carbonyl (C=O) groups is 6. The molecular weight excluding hydrogens is 1540 g/mol. The van der Waals surface area contributed by atoms with Crippen molar-refractivity contribution in [3.05, 3.63) is 69.3 Å². The van der Waals surface area contributed by atoms with Gasteiger partial charge >= 0.3 is 17.9 Å². The van der Waals surface area contributed by atoms with Gasteiger partial charge in [0.15, 0.2) is 0 Å². The molecule has 0 saturated heterocycles. The van der Waals surface area contributed by atoms with Gasteiger partial charge in [0.1, 0.15) is 0 Å². The molecule has 4 aromatic rings. The van der Waals surface area contributed by atoms with Crippen LogP contribution in [0.3, 0.4) is 0 Å². The molecule has 115 heavy (non-hydrogen) atoms. The zero-order valence-corrected chi connectivity index (χ0v) is 80.5. The standard InChI is InChI=1S/2C31H49N3O3.C8H15NO.C7H14NO2P.4C4H10.CH5N.2Fe/c2*1-8-19(3)21(5)31(7,20(4)9-2)27-16-24(17-29(36)37)30(34-27)26-15-25(22(6)33-26)18-32-28(35)14-23-12-10-11-13-23;1-9-8(10)6-7-4-2-3-5-7;9-7(10-8-11)5-6-3-1-2-4-6;4*1-3-4-2;1-2;;/h2*15-16,19-21,23,33-34H,8-14,17-18H2,1-7H3,(H,32,35)(H,36,37);7H,2-6H2,1H3,(H,9,10);6,8H,1-5,11H2;4*3-4H2,1-2H3;2H2,1H3;;. The molecule has 0 aromatic carbocycles. The first-order chi connectivity index (χ1) is 53.8. The molecule has 4 aromatic heterocycles. The zero-order valence-electron chi connectivity index (χ0n) is 77.2. The van der Waals surface area contributed by atoms with Gasteiger partial charge in [-0.15, -0.1) is 5.25 Å². The van der Waals surface area contributed by atoms with Gasteiger partial charge in [0.05, 0.1) is 42.0 Å². The maximum atomic E-state index is 12.5. The van der Waals surface area contributed by atoms with E-state index in [0.717, 1.165) is 126 Å². The van der Waals surface area contributed by atoms with E-state index < -0.39 is 11.9 Å². The van der Waals surface area contributed by atoms with Crippen LogP contribution < -0.4 is 26.9 Å². The van der Waals surface area contributed by atoms with Crippen molar-refractivity contribution in [1.82, 2.24) is 41.1 Å². The van der Waals surface area contributed by atoms with Crippen molar-refractivity contribution in [1.29, 1.82) is 0 Å². The Labute approximate surface area is 725 Å². The van der Waals surface area contributed by atoms with E-state index in [0.29, 0.717) is 91.5 Å². The molecular formula is C94H172Fe2N9O9P. The Kier molecular flexibility index (Phi) is 64.9. The van der Waals surface area contributed by atoms with Crippen LogP contribution in [0.5, 0.6) is 0 Å². The van der Waals surface area contributed by atoms with E-state index in [-0.39, 0.29) is 81.5 Å². The third-order valence-electron chi connectivity index (χ3n) is 25.8. The third kappa shape index (κ3) is 41.4. The number of H-pyrrole nitrogens is 4. The normalized spacial score (nSPS) is 16.4. The predicted molar refractivity (Wildman–Crippen MR) is 480 cm³/mol. The van der Waals surface area contributed by atoms with Crippen LogP contribution in [-0.4, -0.2) is 79.9 Å². The maximum Gasteiger partial charge on any atom is 0.325 e. The molecule has 9 unspecified atom stereocenters. The van der Waals surface area contributed by atoms with Gasteiger partial charge in [0.25, 0.3) is 0 Å². The minimum Gasteiger partial charge on any atom is -0.481 e. The van der Waals surface area contributed by atoms with E-state index >= 15 is 0 Å². The van der Waals surface area contributed by atoms with Crippen molar-refractivity contribution >= 4 is 45.0 Å². The van der Waals surface area contributed by atoms with Crippen LogP contribution in [0.2, 0.25) is 0 Å². The molecule has 3 amide bonds. The Morgan fingerprint density at radius 1 is 0.452 bits per heavy atom. The van der Waals surface area contributed by atoms with Gasteiger partial charge in [-0.25, -0.2) is 0 Å². The second-order valence-electron chi connectivity index (χ2n) is 33.7. The molecule has 12 N–H and O–H groups in total. The Hall–Kier alpha value is -4.67. The molecule has 4 aliphatic carbocycles. The monoisotopic (exact) mass is 1710 g/mol. The van der Waals surface area contributed by atoms with Gasteiger partial charge < -0.3 is 56.7 Å². The Morgan fingerprint density at radius 2 is 0.730 bits per heavy atom. The summed E-state index contributed by atoms with van der Waals surface area (Å²) in [5.74, 6) is 3.70. The van der Waals surface area contributed by atoms with Crippen LogP contribution in [-0.2, 0) is 105 Å². The number of carboxylic acid groups (broad SMARTS) is 2. The van der Waals surface area contributed by atoms with Crippen molar-refractivity contribution in [2.75, 3.05) is 14.1 Å². The molecule has 0 spiro atoms. The van der Waals surface area contributed by atoms with Crippen molar-refractivity contribution in [3.63, 3.8) is 0 Å². The first-order valence-electron chi connectivity index (χ1n) is 45.1. The summed E-state index contributed by atoms with van der Waals surface area (Å²) in [6, 6.07) is 8.30. The molecule has 4 fully saturated rings. The number of carbonyl (C=O) groups excluding carboxylic acids is 4. The minimum atomic E-state index is -0.838. The molecule has 18 nitrogen and oxygen atoms in total. The summed E-state index contributed by atoms with van der Waals surface area (Å²) in [4.78, 5) is 89.3. The number of carboxylic acids is 2. The minimum absolute atomic E-state index is 0. The largest absolute Gasteiger partial charge is 0.481 e. The van der Waals surface area contributed by atoms with E-state index in [1.807, 2.05) is 13.8 Å². The summed E-state index contributed by atoms with van der Waals surface area (Å²) in [6.07, 6.45) is 37.0. The summed E-state index contributed by atoms with van der Waals surface area (Å²) in [5, 5.41) is 30.5. The van der Waals surface area contributed by atoms with E-state index in [1.54, 1.807) is 7.05 Å². The van der Waals surface area contributed by atoms with Crippen LogP contribution in [0.15, 0.2) is 24.3 Å². The number of nitrogens with two attached hydrogens (primary N) is 1. The van der Waals surface area contributed by atoms with Crippen molar-refractivity contribution in [3.8, 4) is 22.8 Å². The van der Waals surface area contributed by atoms with E-state index in [9.17, 15) is 39.0 Å². The Morgan fingerprint density at radius 3 is 0.974 bits per heavy atom. The maximum absolute atomic E-state index is 12.5. The third-order valence-corrected chi connectivity index (χ3v) is 25.9. The van der Waals surface area contributed by atoms with Crippen molar-refractivity contribution in [2.24, 2.45) is 64.9 Å². The Balaban J connectivity index is -0.00000148. The number of amides is 3. The number of hydrogen-bond acceptors (Lipinski definition) is 9. The van der Waals surface area contributed by atoms with Crippen LogP contribution in [0.25, 0.3) is 22.8 Å². The predicted octanol–water partition coefficient (Wildman–Crippen LogP) is 23.8. The van der Waals surface area contributed by atoms with E-state index in [2.05, 4.69) is 224 Å². The quantitative estimate of drug-likeness (QED) is 0.0117. The molecule has 8 rings (SSSR count). The first kappa shape index (κ1) is 114. The van der Waals surface area contributed by atoms with Gasteiger partial charge in [-0.1, -0.05) is 267 Å². The number of unbranched alkanes of at least 4 members (excludes halogenated alkanes) is 4. The van der Waals surface area contributed by atoms with Crippen LogP contribution >= 0.6 is 9.39 Å². The zero-order chi connectivity index (χ0) is 85.8. The summed E-state index contributed by atoms with van der Waals surface area (Å²) in [6.45, 7) is 50.0. The molecule has 9 atom stereocenters. The number of aryl methyl sites for hydroxylation is 2. The van der Waals surface area contributed by atoms with Crippen LogP contribution in [0, 0.1) is 73.0 Å². The van der Waals surface area contributed by atoms with Crippen molar-refractivity contribution in [2.45, 2.75) is 395 Å². The van der Waals surface area contributed by atoms with Crippen LogP contribution in [0.4, 0.5) is 0 Å². The molecule has 4 heterocycles. The summed E-state index contributed by atoms with van der Waals surface area (Å²) in [5.41, 5.74) is 15.6. The molecule has 0 aliphatic heterocycles. The molecule has 4 saturated carbocycles. The topological polar surface area (TPSA) is 289 Å². The van der Waals surface area contributed by atoms with E-state index in [4.69, 9.17) is 0 Å². The number of rotatable bonds is 35.